The van der Waals surface area contributed by atoms with Crippen LogP contribution in [0.4, 0.5) is 5.69 Å². The minimum Gasteiger partial charge on any atom is -0.269 e. The van der Waals surface area contributed by atoms with E-state index in [1.807, 2.05) is 74.5 Å². The number of rotatable bonds is 6. The third-order valence-corrected chi connectivity index (χ3v) is 6.06. The third-order valence-electron chi connectivity index (χ3n) is 4.18. The van der Waals surface area contributed by atoms with E-state index >= 15 is 0 Å². The molecule has 1 heterocycles. The van der Waals surface area contributed by atoms with Gasteiger partial charge in [-0.2, -0.15) is 5.10 Å². The van der Waals surface area contributed by atoms with Gasteiger partial charge in [0.05, 0.1) is 17.9 Å². The molecule has 0 bridgehead atoms. The van der Waals surface area contributed by atoms with Crippen LogP contribution in [0.3, 0.4) is 0 Å². The Morgan fingerprint density at radius 2 is 1.58 bits per heavy atom. The van der Waals surface area contributed by atoms with E-state index in [0.29, 0.717) is 11.4 Å². The zero-order valence-corrected chi connectivity index (χ0v) is 16.0. The number of hydrogen-bond acceptors (Lipinski definition) is 3. The number of benzene rings is 2. The van der Waals surface area contributed by atoms with Gasteiger partial charge in [-0.1, -0.05) is 48.5 Å². The van der Waals surface area contributed by atoms with Gasteiger partial charge < -0.3 is 0 Å². The molecule has 3 aromatic rings. The van der Waals surface area contributed by atoms with Crippen LogP contribution in [-0.2, 0) is 16.6 Å². The molecule has 0 radical (unpaired) electrons. The van der Waals surface area contributed by atoms with Crippen molar-refractivity contribution in [2.45, 2.75) is 38.3 Å². The van der Waals surface area contributed by atoms with Crippen LogP contribution in [0.2, 0.25) is 0 Å². The van der Waals surface area contributed by atoms with Crippen molar-refractivity contribution in [3.05, 3.63) is 78.1 Å². The lowest BCUT2D eigenvalue weighted by molar-refractivity contribution is 0.528. The number of sulfonamides is 1. The summed E-state index contributed by atoms with van der Waals surface area (Å²) in [5.41, 5.74) is 2.06. The molecule has 0 aliphatic carbocycles. The first-order valence-corrected chi connectivity index (χ1v) is 10.0. The summed E-state index contributed by atoms with van der Waals surface area (Å²) >= 11 is 0. The molecule has 2 aromatic carbocycles. The van der Waals surface area contributed by atoms with Gasteiger partial charge in [0.25, 0.3) is 10.0 Å². The van der Waals surface area contributed by atoms with E-state index in [2.05, 4.69) is 5.10 Å². The highest BCUT2D eigenvalue weighted by Gasteiger charge is 2.29. The average molecular weight is 369 g/mol. The zero-order valence-electron chi connectivity index (χ0n) is 15.2. The lowest BCUT2D eigenvalue weighted by atomic mass is 10.2. The molecule has 0 saturated heterocycles. The van der Waals surface area contributed by atoms with Crippen LogP contribution in [0, 0.1) is 6.92 Å². The van der Waals surface area contributed by atoms with Crippen molar-refractivity contribution in [1.29, 1.82) is 0 Å². The topological polar surface area (TPSA) is 55.2 Å². The van der Waals surface area contributed by atoms with Crippen LogP contribution < -0.4 is 4.31 Å². The van der Waals surface area contributed by atoms with Crippen molar-refractivity contribution in [2.75, 3.05) is 4.31 Å². The summed E-state index contributed by atoms with van der Waals surface area (Å²) in [6.07, 6.45) is 1.62. The Balaban J connectivity index is 2.08. The van der Waals surface area contributed by atoms with Crippen molar-refractivity contribution in [1.82, 2.24) is 9.78 Å². The molecule has 0 spiro atoms. The highest BCUT2D eigenvalue weighted by molar-refractivity contribution is 7.92. The fourth-order valence-corrected chi connectivity index (χ4v) is 4.37. The van der Waals surface area contributed by atoms with Gasteiger partial charge in [0.1, 0.15) is 4.90 Å². The van der Waals surface area contributed by atoms with Crippen molar-refractivity contribution in [2.24, 2.45) is 0 Å². The van der Waals surface area contributed by atoms with Gasteiger partial charge in [-0.3, -0.25) is 8.99 Å². The standard InChI is InChI=1S/C20H23N3O2S/c1-16(2)22-15-20(17(3)21-22)26(24,25)23(19-12-8-5-9-13-19)14-18-10-6-4-7-11-18/h4-13,15-16H,14H2,1-3H3. The fraction of sp³-hybridized carbons (Fsp3) is 0.250. The van der Waals surface area contributed by atoms with Crippen LogP contribution in [0.25, 0.3) is 0 Å². The molecule has 3 rings (SSSR count). The van der Waals surface area contributed by atoms with Gasteiger partial charge in [-0.25, -0.2) is 8.42 Å². The summed E-state index contributed by atoms with van der Waals surface area (Å²) in [7, 11) is -3.75. The third kappa shape index (κ3) is 3.65. The molecule has 0 N–H and O–H groups in total. The summed E-state index contributed by atoms with van der Waals surface area (Å²) in [5.74, 6) is 0. The molecular weight excluding hydrogens is 346 g/mol. The number of hydrogen-bond donors (Lipinski definition) is 0. The van der Waals surface area contributed by atoms with Crippen molar-refractivity contribution >= 4 is 15.7 Å². The predicted molar refractivity (Wildman–Crippen MR) is 104 cm³/mol. The molecule has 0 atom stereocenters. The van der Waals surface area contributed by atoms with Crippen molar-refractivity contribution < 1.29 is 8.42 Å². The highest BCUT2D eigenvalue weighted by atomic mass is 32.2. The molecule has 5 nitrogen and oxygen atoms in total. The molecule has 0 saturated carbocycles. The maximum atomic E-state index is 13.5. The Kier molecular flexibility index (Phi) is 5.13. The van der Waals surface area contributed by atoms with E-state index in [9.17, 15) is 8.42 Å². The summed E-state index contributed by atoms with van der Waals surface area (Å²) in [4.78, 5) is 0.242. The van der Waals surface area contributed by atoms with Crippen molar-refractivity contribution in [3.63, 3.8) is 0 Å². The maximum Gasteiger partial charge on any atom is 0.268 e. The monoisotopic (exact) mass is 369 g/mol. The molecular formula is C20H23N3O2S. The number of para-hydroxylation sites is 1. The summed E-state index contributed by atoms with van der Waals surface area (Å²) in [6.45, 7) is 5.94. The molecule has 6 heteroatoms. The quantitative estimate of drug-likeness (QED) is 0.655. The minimum absolute atomic E-state index is 0.0944. The Morgan fingerprint density at radius 3 is 2.12 bits per heavy atom. The first-order valence-electron chi connectivity index (χ1n) is 8.57. The van der Waals surface area contributed by atoms with Gasteiger partial charge in [-0.05, 0) is 38.5 Å². The van der Waals surface area contributed by atoms with Crippen LogP contribution in [0.1, 0.15) is 31.1 Å². The zero-order chi connectivity index (χ0) is 18.7. The Hall–Kier alpha value is -2.60. The number of aryl methyl sites for hydroxylation is 1. The molecule has 136 valence electrons. The molecule has 0 aliphatic heterocycles. The van der Waals surface area contributed by atoms with Gasteiger partial charge in [0.15, 0.2) is 0 Å². The summed E-state index contributed by atoms with van der Waals surface area (Å²) in [5, 5.41) is 4.37. The van der Waals surface area contributed by atoms with E-state index in [4.69, 9.17) is 0 Å². The summed E-state index contributed by atoms with van der Waals surface area (Å²) in [6, 6.07) is 18.9. The van der Waals surface area contributed by atoms with E-state index in [1.54, 1.807) is 17.8 Å². The van der Waals surface area contributed by atoms with E-state index in [-0.39, 0.29) is 17.5 Å². The van der Waals surface area contributed by atoms with Crippen LogP contribution in [-0.4, -0.2) is 18.2 Å². The second-order valence-electron chi connectivity index (χ2n) is 6.49. The van der Waals surface area contributed by atoms with E-state index < -0.39 is 10.0 Å². The number of anilines is 1. The van der Waals surface area contributed by atoms with Crippen LogP contribution in [0.15, 0.2) is 71.8 Å². The molecule has 0 fully saturated rings. The molecule has 0 amide bonds. The maximum absolute atomic E-state index is 13.5. The number of aromatic nitrogens is 2. The fourth-order valence-electron chi connectivity index (χ4n) is 2.76. The SMILES string of the molecule is Cc1nn(C(C)C)cc1S(=O)(=O)N(Cc1ccccc1)c1ccccc1. The molecule has 0 aliphatic rings. The lowest BCUT2D eigenvalue weighted by Gasteiger charge is -2.24. The number of nitrogens with zero attached hydrogens (tertiary/aromatic N) is 3. The van der Waals surface area contributed by atoms with E-state index in [0.717, 1.165) is 5.56 Å². The van der Waals surface area contributed by atoms with E-state index in [1.165, 1.54) is 4.31 Å². The first-order chi connectivity index (χ1) is 12.4. The molecule has 0 unspecified atom stereocenters. The smallest absolute Gasteiger partial charge is 0.268 e. The summed E-state index contributed by atoms with van der Waals surface area (Å²) < 4.78 is 30.1. The van der Waals surface area contributed by atoms with Gasteiger partial charge >= 0.3 is 0 Å². The van der Waals surface area contributed by atoms with Crippen LogP contribution in [0.5, 0.6) is 0 Å². The Bertz CT molecular complexity index is 965. The average Bonchev–Trinajstić information content (AvgIpc) is 3.04. The van der Waals surface area contributed by atoms with Crippen LogP contribution >= 0.6 is 0 Å². The molecule has 1 aromatic heterocycles. The predicted octanol–water partition coefficient (Wildman–Crippen LogP) is 4.17. The first kappa shape index (κ1) is 18.2. The Labute approximate surface area is 154 Å². The largest absolute Gasteiger partial charge is 0.269 e. The second kappa shape index (κ2) is 7.33. The van der Waals surface area contributed by atoms with Gasteiger partial charge in [0, 0.05) is 12.2 Å². The second-order valence-corrected chi connectivity index (χ2v) is 8.32. The van der Waals surface area contributed by atoms with Crippen molar-refractivity contribution in [3.8, 4) is 0 Å². The minimum atomic E-state index is -3.75. The highest BCUT2D eigenvalue weighted by Crippen LogP contribution is 2.27. The van der Waals surface area contributed by atoms with Gasteiger partial charge in [0.2, 0.25) is 0 Å². The normalized spacial score (nSPS) is 11.7. The molecule has 26 heavy (non-hydrogen) atoms. The lowest BCUT2D eigenvalue weighted by Crippen LogP contribution is -2.30. The Morgan fingerprint density at radius 1 is 1.00 bits per heavy atom. The van der Waals surface area contributed by atoms with Gasteiger partial charge in [-0.15, -0.1) is 0 Å².